The van der Waals surface area contributed by atoms with E-state index in [-0.39, 0.29) is 0 Å². The Labute approximate surface area is 128 Å². The first kappa shape index (κ1) is 15.0. The van der Waals surface area contributed by atoms with Crippen LogP contribution in [0.2, 0.25) is 0 Å². The molecule has 0 saturated carbocycles. The van der Waals surface area contributed by atoms with Crippen molar-refractivity contribution < 1.29 is 4.74 Å². The molecule has 0 aliphatic rings. The first-order valence-electron chi connectivity index (χ1n) is 6.73. The Morgan fingerprint density at radius 1 is 1.25 bits per heavy atom. The molecule has 0 fully saturated rings. The van der Waals surface area contributed by atoms with E-state index in [4.69, 9.17) is 4.74 Å². The minimum atomic E-state index is 0.626. The van der Waals surface area contributed by atoms with Crippen molar-refractivity contribution in [1.82, 2.24) is 10.3 Å². The summed E-state index contributed by atoms with van der Waals surface area (Å²) in [6.07, 6.45) is 1.75. The molecule has 1 N–H and O–H groups in total. The van der Waals surface area contributed by atoms with Crippen LogP contribution >= 0.6 is 15.9 Å². The Balaban J connectivity index is 2.07. The van der Waals surface area contributed by atoms with Crippen molar-refractivity contribution in [2.75, 3.05) is 6.54 Å². The SMILES string of the molecule is CC(C)CNCc1cccnc1Oc1cccc(Br)c1. The van der Waals surface area contributed by atoms with Gasteiger partial charge in [-0.2, -0.15) is 0 Å². The summed E-state index contributed by atoms with van der Waals surface area (Å²) in [7, 11) is 0. The average Bonchev–Trinajstić information content (AvgIpc) is 2.40. The second-order valence-electron chi connectivity index (χ2n) is 5.05. The largest absolute Gasteiger partial charge is 0.439 e. The van der Waals surface area contributed by atoms with Gasteiger partial charge in [-0.15, -0.1) is 0 Å². The molecular weight excluding hydrogens is 316 g/mol. The Kier molecular flexibility index (Phi) is 5.56. The van der Waals surface area contributed by atoms with Crippen molar-refractivity contribution in [1.29, 1.82) is 0 Å². The Morgan fingerprint density at radius 3 is 2.85 bits per heavy atom. The summed E-state index contributed by atoms with van der Waals surface area (Å²) in [6, 6.07) is 11.7. The number of ether oxygens (including phenoxy) is 1. The number of hydrogen-bond donors (Lipinski definition) is 1. The molecule has 1 aromatic carbocycles. The number of hydrogen-bond acceptors (Lipinski definition) is 3. The Hall–Kier alpha value is -1.39. The van der Waals surface area contributed by atoms with Crippen LogP contribution in [-0.2, 0) is 6.54 Å². The molecule has 0 atom stereocenters. The minimum absolute atomic E-state index is 0.626. The molecule has 0 amide bonds. The van der Waals surface area contributed by atoms with Gasteiger partial charge in [0.2, 0.25) is 5.88 Å². The van der Waals surface area contributed by atoms with Crippen LogP contribution in [0.3, 0.4) is 0 Å². The van der Waals surface area contributed by atoms with Gasteiger partial charge >= 0.3 is 0 Å². The van der Waals surface area contributed by atoms with Gasteiger partial charge in [0, 0.05) is 22.8 Å². The van der Waals surface area contributed by atoms with Crippen molar-refractivity contribution in [3.8, 4) is 11.6 Å². The highest BCUT2D eigenvalue weighted by Crippen LogP contribution is 2.25. The van der Waals surface area contributed by atoms with Gasteiger partial charge in [0.05, 0.1) is 0 Å². The molecule has 1 heterocycles. The fourth-order valence-corrected chi connectivity index (χ4v) is 2.17. The molecule has 1 aromatic heterocycles. The van der Waals surface area contributed by atoms with Gasteiger partial charge in [-0.25, -0.2) is 4.98 Å². The fourth-order valence-electron chi connectivity index (χ4n) is 1.79. The smallest absolute Gasteiger partial charge is 0.223 e. The van der Waals surface area contributed by atoms with Gasteiger partial charge < -0.3 is 10.1 Å². The maximum atomic E-state index is 5.87. The quantitative estimate of drug-likeness (QED) is 0.851. The lowest BCUT2D eigenvalue weighted by molar-refractivity contribution is 0.450. The van der Waals surface area contributed by atoms with Gasteiger partial charge in [0.25, 0.3) is 0 Å². The molecule has 106 valence electrons. The first-order chi connectivity index (χ1) is 9.65. The predicted octanol–water partition coefficient (Wildman–Crippen LogP) is 4.38. The Bertz CT molecular complexity index is 558. The summed E-state index contributed by atoms with van der Waals surface area (Å²) < 4.78 is 6.86. The molecule has 20 heavy (non-hydrogen) atoms. The first-order valence-corrected chi connectivity index (χ1v) is 7.52. The maximum Gasteiger partial charge on any atom is 0.223 e. The van der Waals surface area contributed by atoms with Crippen LogP contribution < -0.4 is 10.1 Å². The van der Waals surface area contributed by atoms with E-state index < -0.39 is 0 Å². The Morgan fingerprint density at radius 2 is 2.10 bits per heavy atom. The third-order valence-corrected chi connectivity index (χ3v) is 3.22. The highest BCUT2D eigenvalue weighted by molar-refractivity contribution is 9.10. The van der Waals surface area contributed by atoms with Crippen molar-refractivity contribution in [3.05, 3.63) is 52.6 Å². The lowest BCUT2D eigenvalue weighted by atomic mass is 10.2. The zero-order chi connectivity index (χ0) is 14.4. The summed E-state index contributed by atoms with van der Waals surface area (Å²) in [5.74, 6) is 2.06. The number of pyridine rings is 1. The summed E-state index contributed by atoms with van der Waals surface area (Å²) in [5.41, 5.74) is 1.06. The summed E-state index contributed by atoms with van der Waals surface area (Å²) in [6.45, 7) is 6.12. The number of rotatable bonds is 6. The summed E-state index contributed by atoms with van der Waals surface area (Å²) in [5, 5.41) is 3.41. The second-order valence-corrected chi connectivity index (χ2v) is 5.97. The van der Waals surface area contributed by atoms with Crippen molar-refractivity contribution >= 4 is 15.9 Å². The fraction of sp³-hybridized carbons (Fsp3) is 0.312. The zero-order valence-electron chi connectivity index (χ0n) is 11.8. The van der Waals surface area contributed by atoms with Crippen molar-refractivity contribution in [2.45, 2.75) is 20.4 Å². The van der Waals surface area contributed by atoms with Crippen LogP contribution in [0.5, 0.6) is 11.6 Å². The molecule has 0 aliphatic carbocycles. The number of nitrogens with zero attached hydrogens (tertiary/aromatic N) is 1. The number of benzene rings is 1. The monoisotopic (exact) mass is 334 g/mol. The molecule has 0 radical (unpaired) electrons. The molecule has 0 bridgehead atoms. The van der Waals surface area contributed by atoms with E-state index in [9.17, 15) is 0 Å². The molecule has 2 rings (SSSR count). The van der Waals surface area contributed by atoms with Crippen LogP contribution in [0.25, 0.3) is 0 Å². The van der Waals surface area contributed by atoms with E-state index in [2.05, 4.69) is 40.1 Å². The maximum absolute atomic E-state index is 5.87. The number of halogens is 1. The third-order valence-electron chi connectivity index (χ3n) is 2.73. The van der Waals surface area contributed by atoms with E-state index in [0.29, 0.717) is 11.8 Å². The molecule has 2 aromatic rings. The number of nitrogens with one attached hydrogen (secondary N) is 1. The third kappa shape index (κ3) is 4.62. The van der Waals surface area contributed by atoms with E-state index in [1.807, 2.05) is 36.4 Å². The van der Waals surface area contributed by atoms with Gasteiger partial charge in [-0.3, -0.25) is 0 Å². The summed E-state index contributed by atoms with van der Waals surface area (Å²) in [4.78, 5) is 4.32. The molecule has 4 heteroatoms. The highest BCUT2D eigenvalue weighted by Gasteiger charge is 2.06. The molecule has 3 nitrogen and oxygen atoms in total. The van der Waals surface area contributed by atoms with E-state index >= 15 is 0 Å². The highest BCUT2D eigenvalue weighted by atomic mass is 79.9. The zero-order valence-corrected chi connectivity index (χ0v) is 13.4. The van der Waals surface area contributed by atoms with Crippen molar-refractivity contribution in [2.24, 2.45) is 5.92 Å². The molecule has 0 unspecified atom stereocenters. The van der Waals surface area contributed by atoms with Gasteiger partial charge in [0.1, 0.15) is 5.75 Å². The standard InChI is InChI=1S/C16H19BrN2O/c1-12(2)10-18-11-13-5-4-8-19-16(13)20-15-7-3-6-14(17)9-15/h3-9,12,18H,10-11H2,1-2H3. The number of aromatic nitrogens is 1. The second kappa shape index (κ2) is 7.41. The average molecular weight is 335 g/mol. The van der Waals surface area contributed by atoms with Gasteiger partial charge in [-0.1, -0.05) is 41.9 Å². The summed E-state index contributed by atoms with van der Waals surface area (Å²) >= 11 is 3.44. The van der Waals surface area contributed by atoms with Crippen LogP contribution in [0.4, 0.5) is 0 Å². The van der Waals surface area contributed by atoms with Crippen LogP contribution in [0.1, 0.15) is 19.4 Å². The molecular formula is C16H19BrN2O. The molecule has 0 aliphatic heterocycles. The van der Waals surface area contributed by atoms with Crippen molar-refractivity contribution in [3.63, 3.8) is 0 Å². The lowest BCUT2D eigenvalue weighted by Gasteiger charge is -2.12. The van der Waals surface area contributed by atoms with Gasteiger partial charge in [0.15, 0.2) is 0 Å². The van der Waals surface area contributed by atoms with Crippen LogP contribution in [0.15, 0.2) is 47.1 Å². The molecule has 0 spiro atoms. The predicted molar refractivity (Wildman–Crippen MR) is 85.0 cm³/mol. The molecule has 0 saturated heterocycles. The topological polar surface area (TPSA) is 34.2 Å². The van der Waals surface area contributed by atoms with E-state index in [0.717, 1.165) is 28.9 Å². The van der Waals surface area contributed by atoms with Crippen LogP contribution in [0, 0.1) is 5.92 Å². The van der Waals surface area contributed by atoms with Crippen LogP contribution in [-0.4, -0.2) is 11.5 Å². The minimum Gasteiger partial charge on any atom is -0.439 e. The lowest BCUT2D eigenvalue weighted by Crippen LogP contribution is -2.19. The van der Waals surface area contributed by atoms with E-state index in [1.54, 1.807) is 6.20 Å². The normalized spacial score (nSPS) is 10.8. The van der Waals surface area contributed by atoms with E-state index in [1.165, 1.54) is 0 Å². The van der Waals surface area contributed by atoms with Gasteiger partial charge in [-0.05, 0) is 36.7 Å².